The van der Waals surface area contributed by atoms with Crippen LogP contribution in [-0.4, -0.2) is 14.2 Å². The van der Waals surface area contributed by atoms with Crippen molar-refractivity contribution in [3.8, 4) is 11.1 Å². The van der Waals surface area contributed by atoms with Crippen LogP contribution in [0.5, 0.6) is 0 Å². The molecule has 23 heavy (non-hydrogen) atoms. The first-order valence-corrected chi connectivity index (χ1v) is 8.36. The van der Waals surface area contributed by atoms with Crippen LogP contribution in [0.15, 0.2) is 30.3 Å². The van der Waals surface area contributed by atoms with Crippen molar-refractivity contribution in [2.24, 2.45) is 0 Å². The van der Waals surface area contributed by atoms with Crippen molar-refractivity contribution in [2.75, 3.05) is 14.2 Å². The zero-order valence-electron chi connectivity index (χ0n) is 15.0. The fourth-order valence-electron chi connectivity index (χ4n) is 2.95. The largest absolute Gasteiger partial charge is 0.380 e. The lowest BCUT2D eigenvalue weighted by molar-refractivity contribution is 0.179. The summed E-state index contributed by atoms with van der Waals surface area (Å²) in [5.74, 6) is 0. The molecule has 0 fully saturated rings. The molecule has 0 bridgehead atoms. The predicted molar refractivity (Wildman–Crippen MR) is 96.8 cm³/mol. The van der Waals surface area contributed by atoms with Gasteiger partial charge in [0.15, 0.2) is 0 Å². The van der Waals surface area contributed by atoms with E-state index in [0.717, 1.165) is 12.8 Å². The van der Waals surface area contributed by atoms with Crippen LogP contribution in [-0.2, 0) is 35.5 Å². The summed E-state index contributed by atoms with van der Waals surface area (Å²) >= 11 is 0. The van der Waals surface area contributed by atoms with Crippen molar-refractivity contribution in [2.45, 2.75) is 46.8 Å². The number of rotatable bonds is 7. The lowest BCUT2D eigenvalue weighted by atomic mass is 9.93. The average Bonchev–Trinajstić information content (AvgIpc) is 2.58. The first-order chi connectivity index (χ1) is 11.1. The molecular formula is C21H28O2. The van der Waals surface area contributed by atoms with Gasteiger partial charge in [0, 0.05) is 14.2 Å². The maximum Gasteiger partial charge on any atom is 0.0715 e. The topological polar surface area (TPSA) is 18.5 Å². The van der Waals surface area contributed by atoms with Gasteiger partial charge in [-0.3, -0.25) is 0 Å². The van der Waals surface area contributed by atoms with Crippen molar-refractivity contribution >= 4 is 0 Å². The lowest BCUT2D eigenvalue weighted by Crippen LogP contribution is -2.00. The number of hydrogen-bond donors (Lipinski definition) is 0. The van der Waals surface area contributed by atoms with Gasteiger partial charge in [-0.05, 0) is 70.8 Å². The summed E-state index contributed by atoms with van der Waals surface area (Å²) in [6.45, 7) is 7.82. The fourth-order valence-corrected chi connectivity index (χ4v) is 2.95. The summed E-state index contributed by atoms with van der Waals surface area (Å²) in [5.41, 5.74) is 9.05. The van der Waals surface area contributed by atoms with E-state index in [0.29, 0.717) is 13.2 Å². The third-order valence-corrected chi connectivity index (χ3v) is 4.42. The number of hydrogen-bond acceptors (Lipinski definition) is 2. The zero-order valence-corrected chi connectivity index (χ0v) is 15.0. The summed E-state index contributed by atoms with van der Waals surface area (Å²) in [6, 6.07) is 11.4. The second-order valence-electron chi connectivity index (χ2n) is 6.03. The van der Waals surface area contributed by atoms with E-state index < -0.39 is 0 Å². The Kier molecular flexibility index (Phi) is 6.37. The lowest BCUT2D eigenvalue weighted by Gasteiger charge is -2.15. The second-order valence-corrected chi connectivity index (χ2v) is 6.03. The van der Waals surface area contributed by atoms with Gasteiger partial charge in [0.1, 0.15) is 0 Å². The van der Waals surface area contributed by atoms with Gasteiger partial charge in [-0.15, -0.1) is 0 Å². The number of methoxy groups -OCH3 is 2. The molecule has 2 aromatic rings. The normalized spacial score (nSPS) is 11.0. The van der Waals surface area contributed by atoms with Gasteiger partial charge in [-0.1, -0.05) is 32.0 Å². The predicted octanol–water partition coefficient (Wildman–Crippen LogP) is 5.08. The minimum Gasteiger partial charge on any atom is -0.380 e. The molecule has 124 valence electrons. The Bertz CT molecular complexity index is 610. The highest BCUT2D eigenvalue weighted by molar-refractivity contribution is 5.68. The van der Waals surface area contributed by atoms with E-state index in [1.54, 1.807) is 14.2 Å². The minimum atomic E-state index is 0.629. The quantitative estimate of drug-likeness (QED) is 0.710. The van der Waals surface area contributed by atoms with Gasteiger partial charge in [-0.25, -0.2) is 0 Å². The summed E-state index contributed by atoms with van der Waals surface area (Å²) in [5, 5.41) is 0. The Labute approximate surface area is 140 Å². The number of ether oxygens (including phenoxy) is 2. The molecule has 0 atom stereocenters. The smallest absolute Gasteiger partial charge is 0.0715 e. The van der Waals surface area contributed by atoms with Crippen molar-refractivity contribution in [1.82, 2.24) is 0 Å². The van der Waals surface area contributed by atoms with Gasteiger partial charge in [0.2, 0.25) is 0 Å². The fraction of sp³-hybridized carbons (Fsp3) is 0.429. The van der Waals surface area contributed by atoms with Crippen molar-refractivity contribution in [3.63, 3.8) is 0 Å². The van der Waals surface area contributed by atoms with E-state index in [9.17, 15) is 0 Å². The molecule has 0 aliphatic carbocycles. The standard InChI is InChI=1S/C21H28O2/c1-6-16-8-17(7-2)10-18(9-16)19-11-20(13-22-4)15(3)21(12-19)14-23-5/h8-12H,6-7,13-14H2,1-5H3. The first kappa shape index (κ1) is 17.7. The average molecular weight is 312 g/mol. The Morgan fingerprint density at radius 1 is 0.696 bits per heavy atom. The molecule has 0 N–H and O–H groups in total. The van der Waals surface area contributed by atoms with Crippen LogP contribution >= 0.6 is 0 Å². The molecule has 0 radical (unpaired) electrons. The van der Waals surface area contributed by atoms with Gasteiger partial charge in [0.25, 0.3) is 0 Å². The highest BCUT2D eigenvalue weighted by atomic mass is 16.5. The molecule has 0 amide bonds. The Morgan fingerprint density at radius 2 is 1.13 bits per heavy atom. The SMILES string of the molecule is CCc1cc(CC)cc(-c2cc(COC)c(C)c(COC)c2)c1. The molecule has 0 unspecified atom stereocenters. The van der Waals surface area contributed by atoms with Gasteiger partial charge >= 0.3 is 0 Å². The molecule has 0 heterocycles. The minimum absolute atomic E-state index is 0.629. The molecule has 0 saturated heterocycles. The maximum absolute atomic E-state index is 5.38. The monoisotopic (exact) mass is 312 g/mol. The van der Waals surface area contributed by atoms with Gasteiger partial charge < -0.3 is 9.47 Å². The third kappa shape index (κ3) is 4.21. The van der Waals surface area contributed by atoms with Crippen molar-refractivity contribution < 1.29 is 9.47 Å². The van der Waals surface area contributed by atoms with Gasteiger partial charge in [-0.2, -0.15) is 0 Å². The van der Waals surface area contributed by atoms with E-state index in [2.05, 4.69) is 51.1 Å². The van der Waals surface area contributed by atoms with Crippen molar-refractivity contribution in [3.05, 3.63) is 58.1 Å². The molecule has 0 saturated carbocycles. The van der Waals surface area contributed by atoms with Crippen LogP contribution < -0.4 is 0 Å². The van der Waals surface area contributed by atoms with Crippen LogP contribution in [0.1, 0.15) is 41.7 Å². The molecule has 0 aromatic heterocycles. The summed E-state index contributed by atoms with van der Waals surface area (Å²) in [4.78, 5) is 0. The summed E-state index contributed by atoms with van der Waals surface area (Å²) < 4.78 is 10.8. The highest BCUT2D eigenvalue weighted by Gasteiger charge is 2.10. The van der Waals surface area contributed by atoms with Crippen LogP contribution in [0.3, 0.4) is 0 Å². The molecule has 2 rings (SSSR count). The Balaban J connectivity index is 2.57. The molecular weight excluding hydrogens is 284 g/mol. The summed E-state index contributed by atoms with van der Waals surface area (Å²) in [7, 11) is 3.49. The Hall–Kier alpha value is -1.64. The van der Waals surface area contributed by atoms with Crippen LogP contribution in [0.25, 0.3) is 11.1 Å². The highest BCUT2D eigenvalue weighted by Crippen LogP contribution is 2.28. The molecule has 0 spiro atoms. The van der Waals surface area contributed by atoms with Crippen LogP contribution in [0, 0.1) is 6.92 Å². The Morgan fingerprint density at radius 3 is 1.52 bits per heavy atom. The van der Waals surface area contributed by atoms with E-state index >= 15 is 0 Å². The number of aryl methyl sites for hydroxylation is 2. The van der Waals surface area contributed by atoms with E-state index in [1.165, 1.54) is 38.9 Å². The molecule has 2 aromatic carbocycles. The molecule has 0 aliphatic heterocycles. The van der Waals surface area contributed by atoms with E-state index in [1.807, 2.05) is 0 Å². The zero-order chi connectivity index (χ0) is 16.8. The number of benzene rings is 2. The molecule has 2 nitrogen and oxygen atoms in total. The van der Waals surface area contributed by atoms with E-state index in [-0.39, 0.29) is 0 Å². The van der Waals surface area contributed by atoms with Crippen LogP contribution in [0.4, 0.5) is 0 Å². The van der Waals surface area contributed by atoms with Crippen molar-refractivity contribution in [1.29, 1.82) is 0 Å². The molecule has 0 aliphatic rings. The molecule has 2 heteroatoms. The second kappa shape index (κ2) is 8.28. The first-order valence-electron chi connectivity index (χ1n) is 8.36. The maximum atomic E-state index is 5.38. The third-order valence-electron chi connectivity index (χ3n) is 4.42. The van der Waals surface area contributed by atoms with Gasteiger partial charge in [0.05, 0.1) is 13.2 Å². The van der Waals surface area contributed by atoms with Crippen LogP contribution in [0.2, 0.25) is 0 Å². The summed E-state index contributed by atoms with van der Waals surface area (Å²) in [6.07, 6.45) is 2.12. The van der Waals surface area contributed by atoms with E-state index in [4.69, 9.17) is 9.47 Å².